The Morgan fingerprint density at radius 1 is 1.25 bits per heavy atom. The monoisotopic (exact) mass is 386 g/mol. The molecule has 0 aliphatic carbocycles. The van der Waals surface area contributed by atoms with Crippen LogP contribution in [0, 0.1) is 19.8 Å². The maximum absolute atomic E-state index is 12.4. The molecule has 1 N–H and O–H groups in total. The van der Waals surface area contributed by atoms with Crippen molar-refractivity contribution >= 4 is 17.5 Å². The molecule has 152 valence electrons. The third kappa shape index (κ3) is 4.99. The SMILES string of the molecule is CCn1cc(NC(=O)CC2CCN(C(=O)CCn3ccnc3C)CC2)c(C)n1. The van der Waals surface area contributed by atoms with Crippen LogP contribution in [0.15, 0.2) is 18.6 Å². The summed E-state index contributed by atoms with van der Waals surface area (Å²) in [5.74, 6) is 1.46. The fraction of sp³-hybridized carbons (Fsp3) is 0.600. The minimum atomic E-state index is 0.0270. The fourth-order valence-corrected chi connectivity index (χ4v) is 3.67. The van der Waals surface area contributed by atoms with Crippen molar-refractivity contribution in [1.29, 1.82) is 0 Å². The molecule has 0 bridgehead atoms. The molecule has 3 heterocycles. The van der Waals surface area contributed by atoms with Crippen molar-refractivity contribution in [3.05, 3.63) is 30.1 Å². The molecule has 0 saturated carbocycles. The molecular formula is C20H30N6O2. The van der Waals surface area contributed by atoms with Crippen molar-refractivity contribution < 1.29 is 9.59 Å². The van der Waals surface area contributed by atoms with Crippen LogP contribution >= 0.6 is 0 Å². The van der Waals surface area contributed by atoms with Gasteiger partial charge in [0, 0.05) is 57.6 Å². The second-order valence-corrected chi connectivity index (χ2v) is 7.48. The molecule has 8 heteroatoms. The fourth-order valence-electron chi connectivity index (χ4n) is 3.67. The van der Waals surface area contributed by atoms with E-state index in [9.17, 15) is 9.59 Å². The van der Waals surface area contributed by atoms with Crippen molar-refractivity contribution in [3.8, 4) is 0 Å². The highest BCUT2D eigenvalue weighted by Crippen LogP contribution is 2.22. The molecule has 0 atom stereocenters. The van der Waals surface area contributed by atoms with E-state index in [-0.39, 0.29) is 11.8 Å². The summed E-state index contributed by atoms with van der Waals surface area (Å²) in [6, 6.07) is 0. The molecule has 1 fully saturated rings. The van der Waals surface area contributed by atoms with Gasteiger partial charge in [0.2, 0.25) is 11.8 Å². The zero-order chi connectivity index (χ0) is 20.1. The van der Waals surface area contributed by atoms with Gasteiger partial charge < -0.3 is 14.8 Å². The molecule has 0 radical (unpaired) electrons. The predicted molar refractivity (Wildman–Crippen MR) is 107 cm³/mol. The van der Waals surface area contributed by atoms with Gasteiger partial charge in [0.1, 0.15) is 5.82 Å². The number of anilines is 1. The maximum Gasteiger partial charge on any atom is 0.224 e. The van der Waals surface area contributed by atoms with Gasteiger partial charge in [-0.3, -0.25) is 14.3 Å². The van der Waals surface area contributed by atoms with Crippen LogP contribution in [0.25, 0.3) is 0 Å². The van der Waals surface area contributed by atoms with Gasteiger partial charge in [-0.2, -0.15) is 5.10 Å². The molecule has 2 aromatic heterocycles. The van der Waals surface area contributed by atoms with Crippen LogP contribution in [-0.2, 0) is 22.7 Å². The lowest BCUT2D eigenvalue weighted by atomic mass is 9.93. The summed E-state index contributed by atoms with van der Waals surface area (Å²) >= 11 is 0. The Labute approximate surface area is 165 Å². The Bertz CT molecular complexity index is 817. The van der Waals surface area contributed by atoms with E-state index in [0.717, 1.165) is 49.7 Å². The Kier molecular flexibility index (Phi) is 6.49. The minimum Gasteiger partial charge on any atom is -0.343 e. The molecule has 1 aliphatic heterocycles. The Balaban J connectivity index is 1.40. The summed E-state index contributed by atoms with van der Waals surface area (Å²) in [6.07, 6.45) is 8.25. The number of hydrogen-bond donors (Lipinski definition) is 1. The molecule has 8 nitrogen and oxygen atoms in total. The molecule has 0 aromatic carbocycles. The molecule has 2 amide bonds. The van der Waals surface area contributed by atoms with Crippen molar-refractivity contribution in [1.82, 2.24) is 24.2 Å². The highest BCUT2D eigenvalue weighted by molar-refractivity contribution is 5.91. The normalized spacial score (nSPS) is 15.0. The summed E-state index contributed by atoms with van der Waals surface area (Å²) < 4.78 is 3.82. The topological polar surface area (TPSA) is 85.0 Å². The lowest BCUT2D eigenvalue weighted by Crippen LogP contribution is -2.39. The first-order chi connectivity index (χ1) is 13.5. The molecule has 2 aromatic rings. The zero-order valence-corrected chi connectivity index (χ0v) is 17.0. The molecule has 1 aliphatic rings. The van der Waals surface area contributed by atoms with E-state index < -0.39 is 0 Å². The molecule has 0 spiro atoms. The maximum atomic E-state index is 12.4. The standard InChI is InChI=1S/C20H30N6O2/c1-4-26-14-18(15(2)23-26)22-19(27)13-17-5-9-25(10-6-17)20(28)7-11-24-12-8-21-16(24)3/h8,12,14,17H,4-7,9-11,13H2,1-3H3,(H,22,27). The van der Waals surface area contributed by atoms with Gasteiger partial charge in [0.25, 0.3) is 0 Å². The summed E-state index contributed by atoms with van der Waals surface area (Å²) in [5.41, 5.74) is 1.62. The van der Waals surface area contributed by atoms with Crippen molar-refractivity contribution in [2.24, 2.45) is 5.92 Å². The van der Waals surface area contributed by atoms with Crippen molar-refractivity contribution in [2.45, 2.75) is 59.5 Å². The Hall–Kier alpha value is -2.64. The first-order valence-electron chi connectivity index (χ1n) is 10.1. The lowest BCUT2D eigenvalue weighted by Gasteiger charge is -2.32. The highest BCUT2D eigenvalue weighted by Gasteiger charge is 2.24. The first-order valence-corrected chi connectivity index (χ1v) is 10.1. The second-order valence-electron chi connectivity index (χ2n) is 7.48. The van der Waals surface area contributed by atoms with Crippen LogP contribution in [0.3, 0.4) is 0 Å². The van der Waals surface area contributed by atoms with Gasteiger partial charge in [0.05, 0.1) is 11.4 Å². The van der Waals surface area contributed by atoms with Crippen LogP contribution in [-0.4, -0.2) is 49.1 Å². The zero-order valence-electron chi connectivity index (χ0n) is 17.0. The number of aromatic nitrogens is 4. The number of carbonyl (C=O) groups excluding carboxylic acids is 2. The number of hydrogen-bond acceptors (Lipinski definition) is 4. The first kappa shape index (κ1) is 20.1. The largest absolute Gasteiger partial charge is 0.343 e. The van der Waals surface area contributed by atoms with Crippen LogP contribution in [0.1, 0.15) is 44.1 Å². The van der Waals surface area contributed by atoms with Crippen LogP contribution in [0.4, 0.5) is 5.69 Å². The average molecular weight is 387 g/mol. The van der Waals surface area contributed by atoms with E-state index in [1.165, 1.54) is 0 Å². The summed E-state index contributed by atoms with van der Waals surface area (Å²) in [6.45, 7) is 8.76. The number of piperidine rings is 1. The number of carbonyl (C=O) groups is 2. The number of nitrogens with zero attached hydrogens (tertiary/aromatic N) is 5. The van der Waals surface area contributed by atoms with Crippen molar-refractivity contribution in [3.63, 3.8) is 0 Å². The van der Waals surface area contributed by atoms with E-state index >= 15 is 0 Å². The van der Waals surface area contributed by atoms with Crippen molar-refractivity contribution in [2.75, 3.05) is 18.4 Å². The van der Waals surface area contributed by atoms with Gasteiger partial charge >= 0.3 is 0 Å². The molecule has 1 saturated heterocycles. The number of aryl methyl sites for hydroxylation is 4. The quantitative estimate of drug-likeness (QED) is 0.792. The number of imidazole rings is 1. The molecule has 0 unspecified atom stereocenters. The van der Waals surface area contributed by atoms with Gasteiger partial charge in [-0.1, -0.05) is 0 Å². The van der Waals surface area contributed by atoms with E-state index in [1.54, 1.807) is 6.20 Å². The van der Waals surface area contributed by atoms with E-state index in [4.69, 9.17) is 0 Å². The highest BCUT2D eigenvalue weighted by atomic mass is 16.2. The van der Waals surface area contributed by atoms with Gasteiger partial charge in [-0.25, -0.2) is 4.98 Å². The van der Waals surface area contributed by atoms with E-state index in [1.807, 2.05) is 47.3 Å². The van der Waals surface area contributed by atoms with Crippen LogP contribution in [0.2, 0.25) is 0 Å². The number of rotatable bonds is 7. The molecule has 28 heavy (non-hydrogen) atoms. The molecular weight excluding hydrogens is 356 g/mol. The van der Waals surface area contributed by atoms with Gasteiger partial charge in [0.15, 0.2) is 0 Å². The van der Waals surface area contributed by atoms with Crippen LogP contribution in [0.5, 0.6) is 0 Å². The van der Waals surface area contributed by atoms with E-state index in [2.05, 4.69) is 15.4 Å². The Morgan fingerprint density at radius 3 is 2.61 bits per heavy atom. The third-order valence-corrected chi connectivity index (χ3v) is 5.48. The van der Waals surface area contributed by atoms with Gasteiger partial charge in [-0.15, -0.1) is 0 Å². The summed E-state index contributed by atoms with van der Waals surface area (Å²) in [7, 11) is 0. The minimum absolute atomic E-state index is 0.0270. The second kappa shape index (κ2) is 9.03. The lowest BCUT2D eigenvalue weighted by molar-refractivity contribution is -0.132. The number of nitrogens with one attached hydrogen (secondary N) is 1. The number of likely N-dealkylation sites (tertiary alicyclic amines) is 1. The average Bonchev–Trinajstić information content (AvgIpc) is 3.25. The summed E-state index contributed by atoms with van der Waals surface area (Å²) in [5, 5.41) is 7.33. The molecule has 3 rings (SSSR count). The smallest absolute Gasteiger partial charge is 0.224 e. The van der Waals surface area contributed by atoms with E-state index in [0.29, 0.717) is 25.3 Å². The Morgan fingerprint density at radius 2 is 2.00 bits per heavy atom. The predicted octanol–water partition coefficient (Wildman–Crippen LogP) is 2.37. The summed E-state index contributed by atoms with van der Waals surface area (Å²) in [4.78, 5) is 30.9. The third-order valence-electron chi connectivity index (χ3n) is 5.48. The van der Waals surface area contributed by atoms with Gasteiger partial charge in [-0.05, 0) is 39.5 Å². The van der Waals surface area contributed by atoms with Crippen LogP contribution < -0.4 is 5.32 Å². The number of amides is 2.